The Bertz CT molecular complexity index is 4020. The minimum atomic E-state index is -4.46. The minimum Gasteiger partial charge on any atom is -0.505 e. The minimum absolute atomic E-state index is 0.0288. The Hall–Kier alpha value is -8.90. The molecule has 0 aliphatic rings. The van der Waals surface area contributed by atoms with Gasteiger partial charge >= 0.3 is 0 Å². The highest BCUT2D eigenvalue weighted by Gasteiger charge is 2.20. The number of hydrogen-bond acceptors (Lipinski definition) is 18. The van der Waals surface area contributed by atoms with Crippen molar-refractivity contribution in [3.05, 3.63) is 165 Å². The molecule has 0 radical (unpaired) electrons. The van der Waals surface area contributed by atoms with Crippen LogP contribution in [0.25, 0.3) is 32.3 Å². The van der Waals surface area contributed by atoms with Gasteiger partial charge in [0.1, 0.15) is 44.8 Å². The van der Waals surface area contributed by atoms with Crippen molar-refractivity contribution in [2.75, 3.05) is 17.2 Å². The summed E-state index contributed by atoms with van der Waals surface area (Å²) in [5.41, 5.74) is 28.0. The van der Waals surface area contributed by atoms with Crippen LogP contribution in [0.4, 0.5) is 51.2 Å². The number of aryl methyl sites for hydroxylation is 8. The normalized spacial score (nSPS) is 11.9. The van der Waals surface area contributed by atoms with Gasteiger partial charge in [0.05, 0.1) is 5.69 Å². The van der Waals surface area contributed by atoms with E-state index in [1.165, 1.54) is 24.3 Å². The first kappa shape index (κ1) is 57.8. The van der Waals surface area contributed by atoms with Gasteiger partial charge in [-0.1, -0.05) is 42.5 Å². The molecule has 12 N–H and O–H groups in total. The van der Waals surface area contributed by atoms with E-state index in [9.17, 15) is 41.3 Å². The zero-order chi connectivity index (χ0) is 57.8. The Kier molecular flexibility index (Phi) is 17.1. The van der Waals surface area contributed by atoms with Crippen LogP contribution in [0, 0.1) is 55.4 Å². The lowest BCUT2D eigenvalue weighted by atomic mass is 10.0. The number of benzene rings is 9. The van der Waals surface area contributed by atoms with Crippen molar-refractivity contribution in [2.24, 2.45) is 30.7 Å². The van der Waals surface area contributed by atoms with Gasteiger partial charge < -0.3 is 32.5 Å². The molecule has 0 spiro atoms. The molecule has 9 rings (SSSR count). The predicted octanol–water partition coefficient (Wildman–Crippen LogP) is 14.6. The van der Waals surface area contributed by atoms with Gasteiger partial charge in [0.15, 0.2) is 17.2 Å². The molecule has 79 heavy (non-hydrogen) atoms. The SMILES string of the molecule is Cc1cc(N)c2c(O)c(N=Nc3ccc(COO)cc3)c(C)cc2c1.Cc1ccc(N=Nc2c(C)cc3cc(C)cc(N)c3c2O)c(S(=O)(=O)O)c1.Cc1ccc(N=Nc2c(C)cc3cc(C)cc(N)c3c2O)c(S(=O)(=O)O)c1. The van der Waals surface area contributed by atoms with Crippen molar-refractivity contribution in [1.82, 2.24) is 0 Å². The fourth-order valence-corrected chi connectivity index (χ4v) is 10.2. The fraction of sp³-hybridized carbons (Fsp3) is 0.158. The van der Waals surface area contributed by atoms with Crippen molar-refractivity contribution in [3.8, 4) is 17.2 Å². The molecule has 408 valence electrons. The van der Waals surface area contributed by atoms with E-state index in [0.717, 1.165) is 44.0 Å². The third kappa shape index (κ3) is 13.3. The first-order valence-corrected chi connectivity index (χ1v) is 26.9. The zero-order valence-corrected chi connectivity index (χ0v) is 45.8. The first-order valence-electron chi connectivity index (χ1n) is 24.0. The summed E-state index contributed by atoms with van der Waals surface area (Å²) in [5, 5.41) is 68.6. The molecular weight excluding hydrogens is 1050 g/mol. The maximum absolute atomic E-state index is 11.6. The second-order valence-corrected chi connectivity index (χ2v) is 21.7. The molecule has 0 aromatic heterocycles. The molecule has 20 nitrogen and oxygen atoms in total. The van der Waals surface area contributed by atoms with Crippen LogP contribution in [0.1, 0.15) is 50.1 Å². The summed E-state index contributed by atoms with van der Waals surface area (Å²) in [6.07, 6.45) is 0. The maximum atomic E-state index is 11.6. The van der Waals surface area contributed by atoms with E-state index < -0.39 is 20.2 Å². The molecular formula is C57H57N9O11S2. The molecule has 0 heterocycles. The number of aromatic hydroxyl groups is 3. The number of nitrogen functional groups attached to an aromatic ring is 3. The van der Waals surface area contributed by atoms with Gasteiger partial charge in [-0.25, -0.2) is 4.89 Å². The van der Waals surface area contributed by atoms with Crippen LogP contribution in [0.3, 0.4) is 0 Å². The summed E-state index contributed by atoms with van der Waals surface area (Å²) in [6, 6.07) is 32.5. The number of fused-ring (bicyclic) bond motifs is 3. The van der Waals surface area contributed by atoms with E-state index in [2.05, 4.69) is 35.6 Å². The van der Waals surface area contributed by atoms with Gasteiger partial charge in [-0.3, -0.25) is 14.4 Å². The number of anilines is 3. The molecule has 0 fully saturated rings. The quantitative estimate of drug-likeness (QED) is 0.0202. The van der Waals surface area contributed by atoms with E-state index in [-0.39, 0.29) is 56.4 Å². The highest BCUT2D eigenvalue weighted by molar-refractivity contribution is 7.86. The molecule has 0 unspecified atom stereocenters. The topological polar surface area (TPSA) is 351 Å². The van der Waals surface area contributed by atoms with Gasteiger partial charge in [-0.15, -0.1) is 25.6 Å². The number of phenolic OH excluding ortho intramolecular Hbond substituents is 3. The second-order valence-electron chi connectivity index (χ2n) is 19.0. The standard InChI is InChI=1S/2C19H19N3O4S.C19H19N3O3/c2*1-10-4-5-15(16(8-10)27(24,25)26)21-22-18-12(3)9-13-6-11(2)7-14(20)17(13)19(18)23;1-11-7-14-9-12(2)18(19(23)17(14)16(20)8-11)22-21-15-5-3-13(4-6-15)10-25-24/h2*4-9,23H,20H2,1-3H3,(H,24,25,26);3-9,23-24H,10,20H2,1-2H3. The second kappa shape index (κ2) is 23.4. The van der Waals surface area contributed by atoms with Crippen molar-refractivity contribution in [1.29, 1.82) is 0 Å². The average molecular weight is 1110 g/mol. The van der Waals surface area contributed by atoms with Crippen LogP contribution in [-0.2, 0) is 31.7 Å². The molecule has 0 aliphatic carbocycles. The Labute approximate surface area is 455 Å². The highest BCUT2D eigenvalue weighted by atomic mass is 32.2. The summed E-state index contributed by atoms with van der Waals surface area (Å²) < 4.78 is 65.2. The van der Waals surface area contributed by atoms with Crippen LogP contribution in [-0.4, -0.2) is 46.5 Å². The molecule has 9 aromatic carbocycles. The number of azo groups is 3. The molecule has 0 saturated carbocycles. The van der Waals surface area contributed by atoms with Crippen LogP contribution in [0.5, 0.6) is 17.2 Å². The Balaban J connectivity index is 0.000000172. The van der Waals surface area contributed by atoms with E-state index in [4.69, 9.17) is 22.5 Å². The zero-order valence-electron chi connectivity index (χ0n) is 44.1. The Morgan fingerprint density at radius 3 is 1.06 bits per heavy atom. The van der Waals surface area contributed by atoms with Gasteiger partial charge in [0, 0.05) is 33.2 Å². The number of rotatable bonds is 10. The van der Waals surface area contributed by atoms with Gasteiger partial charge in [0.25, 0.3) is 20.2 Å². The molecule has 0 bridgehead atoms. The summed E-state index contributed by atoms with van der Waals surface area (Å²) in [5.74, 6) is -0.236. The highest BCUT2D eigenvalue weighted by Crippen LogP contribution is 2.45. The number of phenols is 3. The van der Waals surface area contributed by atoms with Gasteiger partial charge in [0.2, 0.25) is 0 Å². The van der Waals surface area contributed by atoms with Gasteiger partial charge in [-0.2, -0.15) is 21.9 Å². The van der Waals surface area contributed by atoms with E-state index in [0.29, 0.717) is 66.8 Å². The smallest absolute Gasteiger partial charge is 0.296 e. The molecule has 0 saturated heterocycles. The van der Waals surface area contributed by atoms with E-state index in [1.807, 2.05) is 70.2 Å². The lowest BCUT2D eigenvalue weighted by Crippen LogP contribution is -1.98. The molecule has 0 aliphatic heterocycles. The molecule has 0 atom stereocenters. The van der Waals surface area contributed by atoms with Gasteiger partial charge in [-0.05, 0) is 194 Å². The lowest BCUT2D eigenvalue weighted by molar-refractivity contribution is -0.253. The van der Waals surface area contributed by atoms with Crippen molar-refractivity contribution < 1.29 is 51.4 Å². The fourth-order valence-electron chi connectivity index (χ4n) is 8.76. The largest absolute Gasteiger partial charge is 0.505 e. The summed E-state index contributed by atoms with van der Waals surface area (Å²) in [7, 11) is -8.93. The Morgan fingerprint density at radius 2 is 0.747 bits per heavy atom. The number of hydrogen-bond donors (Lipinski definition) is 9. The number of nitrogens with two attached hydrogens (primary N) is 3. The van der Waals surface area contributed by atoms with Crippen LogP contribution >= 0.6 is 0 Å². The van der Waals surface area contributed by atoms with Crippen molar-refractivity contribution in [3.63, 3.8) is 0 Å². The van der Waals surface area contributed by atoms with Crippen molar-refractivity contribution in [2.45, 2.75) is 71.8 Å². The molecule has 9 aromatic rings. The van der Waals surface area contributed by atoms with Crippen LogP contribution in [0.2, 0.25) is 0 Å². The van der Waals surface area contributed by atoms with Crippen LogP contribution < -0.4 is 17.2 Å². The number of nitrogens with zero attached hydrogens (tertiary/aromatic N) is 6. The molecule has 0 amide bonds. The summed E-state index contributed by atoms with van der Waals surface area (Å²) in [6.45, 7) is 14.7. The van der Waals surface area contributed by atoms with E-state index >= 15 is 0 Å². The summed E-state index contributed by atoms with van der Waals surface area (Å²) >= 11 is 0. The monoisotopic (exact) mass is 1110 g/mol. The third-order valence-electron chi connectivity index (χ3n) is 12.4. The third-order valence-corrected chi connectivity index (χ3v) is 14.2. The van der Waals surface area contributed by atoms with Crippen molar-refractivity contribution >= 4 is 104 Å². The average Bonchev–Trinajstić information content (AvgIpc) is 3.42. The first-order chi connectivity index (χ1) is 37.1. The maximum Gasteiger partial charge on any atom is 0.296 e. The summed E-state index contributed by atoms with van der Waals surface area (Å²) in [4.78, 5) is 3.39. The Morgan fingerprint density at radius 1 is 0.418 bits per heavy atom. The predicted molar refractivity (Wildman–Crippen MR) is 307 cm³/mol. The molecule has 22 heteroatoms. The van der Waals surface area contributed by atoms with Crippen LogP contribution in [0.15, 0.2) is 156 Å². The lowest BCUT2D eigenvalue weighted by Gasteiger charge is -2.11. The van der Waals surface area contributed by atoms with E-state index in [1.54, 1.807) is 76.2 Å².